The standard InChI is InChI=1S/C22H21N3O3/c1-27-19-7-8-21-20(14-19)17(9-11-23-21)10-12-24-25-18(15-28-22(25)26)13-16-5-3-2-4-6-16/h2-9,11-12,14,18H,10,13,15H2,1H3/b24-12+/t18-/m0/s1. The molecule has 0 radical (unpaired) electrons. The number of carbonyl (C=O) groups is 1. The van der Waals surface area contributed by atoms with Gasteiger partial charge in [0.25, 0.3) is 0 Å². The number of hydrazone groups is 1. The number of carbonyl (C=O) groups excluding carboxylic acids is 1. The van der Waals surface area contributed by atoms with Crippen molar-refractivity contribution in [2.24, 2.45) is 5.10 Å². The number of amides is 1. The van der Waals surface area contributed by atoms with E-state index >= 15 is 0 Å². The second-order valence-electron chi connectivity index (χ2n) is 6.62. The van der Waals surface area contributed by atoms with Crippen LogP contribution in [0.1, 0.15) is 11.1 Å². The number of ether oxygens (including phenoxy) is 2. The van der Waals surface area contributed by atoms with E-state index in [1.165, 1.54) is 5.01 Å². The van der Waals surface area contributed by atoms with Crippen molar-refractivity contribution < 1.29 is 14.3 Å². The molecule has 0 N–H and O–H groups in total. The van der Waals surface area contributed by atoms with Gasteiger partial charge in [0.2, 0.25) is 0 Å². The van der Waals surface area contributed by atoms with Gasteiger partial charge in [0, 0.05) is 24.2 Å². The molecule has 3 aromatic rings. The van der Waals surface area contributed by atoms with Crippen molar-refractivity contribution in [2.45, 2.75) is 18.9 Å². The third-order valence-electron chi connectivity index (χ3n) is 4.80. The summed E-state index contributed by atoms with van der Waals surface area (Å²) in [6.45, 7) is 0.348. The molecule has 4 rings (SSSR count). The summed E-state index contributed by atoms with van der Waals surface area (Å²) in [5, 5.41) is 6.86. The highest BCUT2D eigenvalue weighted by Crippen LogP contribution is 2.23. The van der Waals surface area contributed by atoms with Gasteiger partial charge in [-0.2, -0.15) is 10.1 Å². The Balaban J connectivity index is 1.50. The molecule has 1 saturated heterocycles. The normalized spacial score (nSPS) is 16.7. The number of cyclic esters (lactones) is 1. The van der Waals surface area contributed by atoms with Crippen LogP contribution in [0.2, 0.25) is 0 Å². The molecular weight excluding hydrogens is 354 g/mol. The zero-order valence-corrected chi connectivity index (χ0v) is 15.6. The van der Waals surface area contributed by atoms with E-state index in [1.54, 1.807) is 19.5 Å². The van der Waals surface area contributed by atoms with Crippen molar-refractivity contribution in [2.75, 3.05) is 13.7 Å². The van der Waals surface area contributed by atoms with Crippen LogP contribution in [0.15, 0.2) is 65.9 Å². The van der Waals surface area contributed by atoms with Crippen molar-refractivity contribution in [1.82, 2.24) is 9.99 Å². The summed E-state index contributed by atoms with van der Waals surface area (Å²) in [6.07, 6.45) is 4.41. The highest BCUT2D eigenvalue weighted by atomic mass is 16.6. The van der Waals surface area contributed by atoms with E-state index in [9.17, 15) is 4.79 Å². The largest absolute Gasteiger partial charge is 0.497 e. The third kappa shape index (κ3) is 3.81. The van der Waals surface area contributed by atoms with Gasteiger partial charge in [-0.3, -0.25) is 4.98 Å². The lowest BCUT2D eigenvalue weighted by Crippen LogP contribution is -2.30. The monoisotopic (exact) mass is 375 g/mol. The first-order valence-electron chi connectivity index (χ1n) is 9.18. The predicted octanol–water partition coefficient (Wildman–Crippen LogP) is 3.84. The number of hydrogen-bond donors (Lipinski definition) is 0. The van der Waals surface area contributed by atoms with Crippen LogP contribution in [0, 0.1) is 0 Å². The summed E-state index contributed by atoms with van der Waals surface area (Å²) in [6, 6.07) is 17.7. The van der Waals surface area contributed by atoms with Gasteiger partial charge in [-0.25, -0.2) is 4.79 Å². The van der Waals surface area contributed by atoms with Crippen LogP contribution in [0.25, 0.3) is 10.9 Å². The Morgan fingerprint density at radius 2 is 2.11 bits per heavy atom. The lowest BCUT2D eigenvalue weighted by Gasteiger charge is -2.16. The summed E-state index contributed by atoms with van der Waals surface area (Å²) in [7, 11) is 1.64. The van der Waals surface area contributed by atoms with Gasteiger partial charge in [0.1, 0.15) is 12.4 Å². The molecule has 1 fully saturated rings. The summed E-state index contributed by atoms with van der Waals surface area (Å²) in [5.74, 6) is 0.782. The SMILES string of the molecule is COc1ccc2nccc(C/C=N/N3C(=O)OC[C@@H]3Cc3ccccc3)c2c1. The number of rotatable bonds is 6. The second-order valence-corrected chi connectivity index (χ2v) is 6.62. The molecule has 1 aliphatic heterocycles. The van der Waals surface area contributed by atoms with Crippen LogP contribution in [-0.4, -0.2) is 42.1 Å². The van der Waals surface area contributed by atoms with Gasteiger partial charge in [0.05, 0.1) is 18.7 Å². The fourth-order valence-corrected chi connectivity index (χ4v) is 3.34. The Kier molecular flexibility index (Phi) is 5.19. The molecule has 0 bridgehead atoms. The Morgan fingerprint density at radius 1 is 1.25 bits per heavy atom. The molecule has 1 aliphatic rings. The predicted molar refractivity (Wildman–Crippen MR) is 108 cm³/mol. The van der Waals surface area contributed by atoms with Gasteiger partial charge in [-0.1, -0.05) is 30.3 Å². The molecule has 0 aliphatic carbocycles. The lowest BCUT2D eigenvalue weighted by molar-refractivity contribution is 0.159. The fraction of sp³-hybridized carbons (Fsp3) is 0.227. The summed E-state index contributed by atoms with van der Waals surface area (Å²) < 4.78 is 10.5. The van der Waals surface area contributed by atoms with Crippen molar-refractivity contribution in [3.8, 4) is 5.75 Å². The molecule has 0 spiro atoms. The van der Waals surface area contributed by atoms with E-state index < -0.39 is 6.09 Å². The van der Waals surface area contributed by atoms with Gasteiger partial charge < -0.3 is 9.47 Å². The van der Waals surface area contributed by atoms with E-state index in [4.69, 9.17) is 9.47 Å². The average Bonchev–Trinajstić information content (AvgIpc) is 3.08. The molecular formula is C22H21N3O3. The van der Waals surface area contributed by atoms with E-state index in [-0.39, 0.29) is 6.04 Å². The van der Waals surface area contributed by atoms with E-state index in [2.05, 4.69) is 10.1 Å². The first-order chi connectivity index (χ1) is 13.7. The smallest absolute Gasteiger partial charge is 0.430 e. The van der Waals surface area contributed by atoms with Crippen LogP contribution >= 0.6 is 0 Å². The number of pyridine rings is 1. The zero-order valence-electron chi connectivity index (χ0n) is 15.6. The minimum absolute atomic E-state index is 0.0968. The molecule has 0 unspecified atom stereocenters. The van der Waals surface area contributed by atoms with Crippen LogP contribution < -0.4 is 4.74 Å². The number of benzene rings is 2. The molecule has 6 heteroatoms. The van der Waals surface area contributed by atoms with Gasteiger partial charge in [-0.15, -0.1) is 0 Å². The molecule has 142 valence electrons. The quantitative estimate of drug-likeness (QED) is 0.614. The summed E-state index contributed by atoms with van der Waals surface area (Å²) >= 11 is 0. The lowest BCUT2D eigenvalue weighted by atomic mass is 10.1. The van der Waals surface area contributed by atoms with Crippen LogP contribution in [0.5, 0.6) is 5.75 Å². The highest BCUT2D eigenvalue weighted by molar-refractivity contribution is 5.86. The minimum Gasteiger partial charge on any atom is -0.497 e. The molecule has 2 heterocycles. The van der Waals surface area contributed by atoms with Crippen LogP contribution in [0.3, 0.4) is 0 Å². The first kappa shape index (κ1) is 18.0. The Labute approximate surface area is 163 Å². The Morgan fingerprint density at radius 3 is 2.93 bits per heavy atom. The topological polar surface area (TPSA) is 64.0 Å². The maximum Gasteiger partial charge on any atom is 0.430 e. The molecule has 1 atom stereocenters. The summed E-state index contributed by atoms with van der Waals surface area (Å²) in [5.41, 5.74) is 3.12. The molecule has 6 nitrogen and oxygen atoms in total. The Hall–Kier alpha value is -3.41. The molecule has 28 heavy (non-hydrogen) atoms. The maximum atomic E-state index is 12.1. The highest BCUT2D eigenvalue weighted by Gasteiger charge is 2.32. The van der Waals surface area contributed by atoms with E-state index in [0.717, 1.165) is 27.8 Å². The molecule has 1 aromatic heterocycles. The van der Waals surface area contributed by atoms with Gasteiger partial charge in [0.15, 0.2) is 0 Å². The van der Waals surface area contributed by atoms with E-state index in [0.29, 0.717) is 19.4 Å². The number of methoxy groups -OCH3 is 1. The first-order valence-corrected chi connectivity index (χ1v) is 9.18. The third-order valence-corrected chi connectivity index (χ3v) is 4.80. The number of nitrogens with zero attached hydrogens (tertiary/aromatic N) is 3. The minimum atomic E-state index is -0.404. The van der Waals surface area contributed by atoms with Crippen LogP contribution in [-0.2, 0) is 17.6 Å². The average molecular weight is 375 g/mol. The second kappa shape index (κ2) is 8.08. The van der Waals surface area contributed by atoms with Crippen molar-refractivity contribution in [3.63, 3.8) is 0 Å². The zero-order chi connectivity index (χ0) is 19.3. The number of hydrogen-bond acceptors (Lipinski definition) is 5. The van der Waals surface area contributed by atoms with Crippen LogP contribution in [0.4, 0.5) is 4.79 Å². The number of aromatic nitrogens is 1. The maximum absolute atomic E-state index is 12.1. The molecule has 2 aromatic carbocycles. The van der Waals surface area contributed by atoms with Crippen molar-refractivity contribution >= 4 is 23.2 Å². The molecule has 1 amide bonds. The van der Waals surface area contributed by atoms with Gasteiger partial charge >= 0.3 is 6.09 Å². The van der Waals surface area contributed by atoms with Crippen molar-refractivity contribution in [3.05, 3.63) is 71.9 Å². The summed E-state index contributed by atoms with van der Waals surface area (Å²) in [4.78, 5) is 16.5. The van der Waals surface area contributed by atoms with E-state index in [1.807, 2.05) is 54.6 Å². The fourth-order valence-electron chi connectivity index (χ4n) is 3.34. The molecule has 0 saturated carbocycles. The van der Waals surface area contributed by atoms with Gasteiger partial charge in [-0.05, 0) is 41.8 Å². The van der Waals surface area contributed by atoms with Crippen molar-refractivity contribution in [1.29, 1.82) is 0 Å². The Bertz CT molecular complexity index is 1000. The number of fused-ring (bicyclic) bond motifs is 1.